The average Bonchev–Trinajstić information content (AvgIpc) is 3.07. The standard InChI is InChI=1S/C16H18F3N5OS.HI/c17-16(18,19)9-13-22-14(25-23-13)12-3-1-2-11(8-12)10-21-15(20)24-4-6-26-7-5-24;/h1-3,8H,4-7,9-10H2,(H2,20,21);1H. The van der Waals surface area contributed by atoms with Crippen LogP contribution in [0.25, 0.3) is 11.5 Å². The first-order valence-corrected chi connectivity index (χ1v) is 9.17. The fourth-order valence-electron chi connectivity index (χ4n) is 2.49. The predicted molar refractivity (Wildman–Crippen MR) is 109 cm³/mol. The third kappa shape index (κ3) is 6.55. The van der Waals surface area contributed by atoms with E-state index in [-0.39, 0.29) is 35.7 Å². The highest BCUT2D eigenvalue weighted by Crippen LogP contribution is 2.23. The molecule has 0 aliphatic carbocycles. The first kappa shape index (κ1) is 21.8. The summed E-state index contributed by atoms with van der Waals surface area (Å²) in [7, 11) is 0. The fraction of sp³-hybridized carbons (Fsp3) is 0.438. The van der Waals surface area contributed by atoms with E-state index in [1.54, 1.807) is 18.2 Å². The van der Waals surface area contributed by atoms with Gasteiger partial charge in [-0.3, -0.25) is 0 Å². The number of aliphatic imine (C=N–C) groups is 1. The maximum absolute atomic E-state index is 12.4. The summed E-state index contributed by atoms with van der Waals surface area (Å²) in [6.45, 7) is 2.13. The highest BCUT2D eigenvalue weighted by atomic mass is 127. The Kier molecular flexibility index (Phi) is 7.77. The van der Waals surface area contributed by atoms with E-state index in [0.717, 1.165) is 30.2 Å². The van der Waals surface area contributed by atoms with Gasteiger partial charge in [0.05, 0.1) is 6.54 Å². The largest absolute Gasteiger partial charge is 0.396 e. The summed E-state index contributed by atoms with van der Waals surface area (Å²) in [6, 6.07) is 7.08. The van der Waals surface area contributed by atoms with E-state index in [1.807, 2.05) is 22.7 Å². The van der Waals surface area contributed by atoms with E-state index in [9.17, 15) is 13.2 Å². The van der Waals surface area contributed by atoms with Crippen molar-refractivity contribution in [2.24, 2.45) is 10.7 Å². The van der Waals surface area contributed by atoms with Gasteiger partial charge in [-0.05, 0) is 17.7 Å². The number of nitrogens with zero attached hydrogens (tertiary/aromatic N) is 4. The number of nitrogens with two attached hydrogens (primary N) is 1. The van der Waals surface area contributed by atoms with Gasteiger partial charge in [-0.1, -0.05) is 17.3 Å². The molecule has 27 heavy (non-hydrogen) atoms. The van der Waals surface area contributed by atoms with E-state index >= 15 is 0 Å². The van der Waals surface area contributed by atoms with Gasteiger partial charge < -0.3 is 15.2 Å². The molecule has 6 nitrogen and oxygen atoms in total. The minimum Gasteiger partial charge on any atom is -0.370 e. The number of halogens is 4. The lowest BCUT2D eigenvalue weighted by Crippen LogP contribution is -2.42. The maximum Gasteiger partial charge on any atom is 0.396 e. The van der Waals surface area contributed by atoms with Gasteiger partial charge in [0, 0.05) is 30.2 Å². The number of guanidine groups is 1. The molecule has 0 bridgehead atoms. The second kappa shape index (κ2) is 9.62. The molecule has 1 saturated heterocycles. The zero-order valence-electron chi connectivity index (χ0n) is 14.3. The number of alkyl halides is 3. The van der Waals surface area contributed by atoms with E-state index in [4.69, 9.17) is 10.3 Å². The van der Waals surface area contributed by atoms with Crippen molar-refractivity contribution < 1.29 is 17.7 Å². The molecule has 2 N–H and O–H groups in total. The van der Waals surface area contributed by atoms with Gasteiger partial charge in [-0.25, -0.2) is 4.99 Å². The second-order valence-corrected chi connectivity index (χ2v) is 7.01. The molecule has 0 saturated carbocycles. The fourth-order valence-corrected chi connectivity index (χ4v) is 3.39. The van der Waals surface area contributed by atoms with Gasteiger partial charge >= 0.3 is 6.18 Å². The molecular weight excluding hydrogens is 494 g/mol. The molecule has 1 aliphatic rings. The lowest BCUT2D eigenvalue weighted by atomic mass is 10.1. The van der Waals surface area contributed by atoms with Crippen LogP contribution in [0.1, 0.15) is 11.4 Å². The Morgan fingerprint density at radius 2 is 2.04 bits per heavy atom. The SMILES string of the molecule is I.NC(=NCc1cccc(-c2nc(CC(F)(F)F)no2)c1)N1CCSCC1. The number of hydrogen-bond acceptors (Lipinski definition) is 5. The Morgan fingerprint density at radius 1 is 1.30 bits per heavy atom. The highest BCUT2D eigenvalue weighted by molar-refractivity contribution is 14.0. The molecule has 1 aromatic carbocycles. The molecular formula is C16H19F3IN5OS. The summed E-state index contributed by atoms with van der Waals surface area (Å²) in [4.78, 5) is 10.3. The van der Waals surface area contributed by atoms with Crippen molar-refractivity contribution in [2.75, 3.05) is 24.6 Å². The van der Waals surface area contributed by atoms with Gasteiger partial charge in [-0.2, -0.15) is 29.9 Å². The summed E-state index contributed by atoms with van der Waals surface area (Å²) in [5.74, 6) is 2.23. The van der Waals surface area contributed by atoms with E-state index in [2.05, 4.69) is 15.1 Å². The van der Waals surface area contributed by atoms with Crippen molar-refractivity contribution in [3.63, 3.8) is 0 Å². The Bertz CT molecular complexity index is 777. The predicted octanol–water partition coefficient (Wildman–Crippen LogP) is 3.32. The third-order valence-electron chi connectivity index (χ3n) is 3.76. The lowest BCUT2D eigenvalue weighted by Gasteiger charge is -2.27. The van der Waals surface area contributed by atoms with Crippen molar-refractivity contribution >= 4 is 41.7 Å². The molecule has 0 spiro atoms. The monoisotopic (exact) mass is 513 g/mol. The molecule has 0 unspecified atom stereocenters. The van der Waals surface area contributed by atoms with Gasteiger partial charge in [0.25, 0.3) is 5.89 Å². The van der Waals surface area contributed by atoms with Crippen molar-refractivity contribution in [3.05, 3.63) is 35.7 Å². The quantitative estimate of drug-likeness (QED) is 0.384. The van der Waals surface area contributed by atoms with Crippen LogP contribution < -0.4 is 5.73 Å². The molecule has 1 aromatic heterocycles. The summed E-state index contributed by atoms with van der Waals surface area (Å²) in [5.41, 5.74) is 7.43. The van der Waals surface area contributed by atoms with Gasteiger partial charge in [0.2, 0.25) is 0 Å². The Hall–Kier alpha value is -1.50. The number of thioether (sulfide) groups is 1. The molecule has 1 fully saturated rings. The molecule has 0 amide bonds. The summed E-state index contributed by atoms with van der Waals surface area (Å²) < 4.78 is 42.1. The van der Waals surface area contributed by atoms with Crippen LogP contribution in [0.2, 0.25) is 0 Å². The third-order valence-corrected chi connectivity index (χ3v) is 4.70. The molecule has 0 atom stereocenters. The number of rotatable bonds is 4. The van der Waals surface area contributed by atoms with Gasteiger partial charge in [-0.15, -0.1) is 24.0 Å². The van der Waals surface area contributed by atoms with Crippen molar-refractivity contribution in [1.82, 2.24) is 15.0 Å². The van der Waals surface area contributed by atoms with Gasteiger partial charge in [0.1, 0.15) is 6.42 Å². The summed E-state index contributed by atoms with van der Waals surface area (Å²) >= 11 is 1.89. The minimum absolute atomic E-state index is 0. The van der Waals surface area contributed by atoms with Crippen LogP contribution >= 0.6 is 35.7 Å². The Morgan fingerprint density at radius 3 is 2.74 bits per heavy atom. The molecule has 3 rings (SSSR count). The van der Waals surface area contributed by atoms with E-state index in [1.165, 1.54) is 0 Å². The van der Waals surface area contributed by atoms with Crippen LogP contribution in [0, 0.1) is 0 Å². The maximum atomic E-state index is 12.4. The first-order valence-electron chi connectivity index (χ1n) is 8.02. The Labute approximate surface area is 175 Å². The second-order valence-electron chi connectivity index (χ2n) is 5.78. The molecule has 2 aromatic rings. The summed E-state index contributed by atoms with van der Waals surface area (Å²) in [6.07, 6.45) is -5.59. The Balaban J connectivity index is 0.00000261. The molecule has 2 heterocycles. The van der Waals surface area contributed by atoms with E-state index < -0.39 is 12.6 Å². The topological polar surface area (TPSA) is 80.5 Å². The van der Waals surface area contributed by atoms with Crippen LogP contribution in [-0.2, 0) is 13.0 Å². The van der Waals surface area contributed by atoms with Crippen LogP contribution in [0.15, 0.2) is 33.8 Å². The average molecular weight is 513 g/mol. The van der Waals surface area contributed by atoms with E-state index in [0.29, 0.717) is 18.1 Å². The number of aromatic nitrogens is 2. The number of benzene rings is 1. The van der Waals surface area contributed by atoms with Crippen LogP contribution in [0.5, 0.6) is 0 Å². The molecule has 148 valence electrons. The zero-order valence-corrected chi connectivity index (χ0v) is 17.4. The van der Waals surface area contributed by atoms with Crippen molar-refractivity contribution in [1.29, 1.82) is 0 Å². The molecule has 0 radical (unpaired) electrons. The highest BCUT2D eigenvalue weighted by Gasteiger charge is 2.30. The van der Waals surface area contributed by atoms with Crippen molar-refractivity contribution in [2.45, 2.75) is 19.1 Å². The zero-order chi connectivity index (χ0) is 18.6. The molecule has 11 heteroatoms. The van der Waals surface area contributed by atoms with Crippen LogP contribution in [-0.4, -0.2) is 51.8 Å². The minimum atomic E-state index is -4.37. The summed E-state index contributed by atoms with van der Waals surface area (Å²) in [5, 5.41) is 3.38. The molecule has 1 aliphatic heterocycles. The van der Waals surface area contributed by atoms with Gasteiger partial charge in [0.15, 0.2) is 11.8 Å². The lowest BCUT2D eigenvalue weighted by molar-refractivity contribution is -0.128. The van der Waals surface area contributed by atoms with Crippen LogP contribution in [0.4, 0.5) is 13.2 Å². The normalized spacial score (nSPS) is 15.5. The smallest absolute Gasteiger partial charge is 0.370 e. The van der Waals surface area contributed by atoms with Crippen LogP contribution in [0.3, 0.4) is 0 Å². The first-order chi connectivity index (χ1) is 12.4. The van der Waals surface area contributed by atoms with Crippen molar-refractivity contribution in [3.8, 4) is 11.5 Å². The number of hydrogen-bond donors (Lipinski definition) is 1.